The minimum Gasteiger partial charge on any atom is -0.481 e. The minimum absolute atomic E-state index is 0.346. The third kappa shape index (κ3) is 3.14. The Balaban J connectivity index is 1.95. The molecule has 2 aromatic heterocycles. The molecule has 1 atom stereocenters. The van der Waals surface area contributed by atoms with E-state index >= 15 is 0 Å². The molecule has 1 N–H and O–H groups in total. The highest BCUT2D eigenvalue weighted by atomic mass is 16.5. The first-order chi connectivity index (χ1) is 9.11. The predicted molar refractivity (Wildman–Crippen MR) is 73.0 cm³/mol. The summed E-state index contributed by atoms with van der Waals surface area (Å²) in [4.78, 5) is 4.04. The molecule has 2 aromatic rings. The van der Waals surface area contributed by atoms with Crippen LogP contribution in [0.2, 0.25) is 0 Å². The molecule has 0 amide bonds. The summed E-state index contributed by atoms with van der Waals surface area (Å²) in [5.74, 6) is 0.819. The number of hydrogen-bond acceptors (Lipinski definition) is 4. The lowest BCUT2D eigenvalue weighted by Crippen LogP contribution is -2.29. The number of nitrogens with zero attached hydrogens (tertiary/aromatic N) is 4. The van der Waals surface area contributed by atoms with Gasteiger partial charge in [-0.25, -0.2) is 9.67 Å². The third-order valence-corrected chi connectivity index (χ3v) is 3.15. The first kappa shape index (κ1) is 13.6. The van der Waals surface area contributed by atoms with Crippen molar-refractivity contribution in [2.24, 2.45) is 7.05 Å². The molecule has 0 aliphatic rings. The van der Waals surface area contributed by atoms with Crippen molar-refractivity contribution < 1.29 is 4.74 Å². The number of aromatic nitrogens is 4. The molecule has 6 nitrogen and oxygen atoms in total. The number of aryl methyl sites for hydroxylation is 2. The Morgan fingerprint density at radius 1 is 1.47 bits per heavy atom. The smallest absolute Gasteiger partial charge is 0.216 e. The molecule has 0 aromatic carbocycles. The number of rotatable bonds is 6. The van der Waals surface area contributed by atoms with Crippen molar-refractivity contribution in [1.82, 2.24) is 24.6 Å². The van der Waals surface area contributed by atoms with Crippen LogP contribution in [-0.4, -0.2) is 32.5 Å². The van der Waals surface area contributed by atoms with Gasteiger partial charge in [0.2, 0.25) is 5.88 Å². The Morgan fingerprint density at radius 3 is 2.89 bits per heavy atom. The summed E-state index contributed by atoms with van der Waals surface area (Å²) in [6, 6.07) is 0.346. The van der Waals surface area contributed by atoms with E-state index in [0.717, 1.165) is 30.2 Å². The van der Waals surface area contributed by atoms with Crippen molar-refractivity contribution in [2.45, 2.75) is 33.0 Å². The molecule has 0 spiro atoms. The second-order valence-corrected chi connectivity index (χ2v) is 4.74. The molecule has 0 saturated carbocycles. The first-order valence-electron chi connectivity index (χ1n) is 6.37. The van der Waals surface area contributed by atoms with Crippen molar-refractivity contribution in [3.8, 4) is 5.88 Å². The van der Waals surface area contributed by atoms with Crippen molar-refractivity contribution in [3.05, 3.63) is 30.0 Å². The Kier molecular flexibility index (Phi) is 4.21. The van der Waals surface area contributed by atoms with Crippen LogP contribution in [0.25, 0.3) is 0 Å². The van der Waals surface area contributed by atoms with Gasteiger partial charge in [0.05, 0.1) is 24.7 Å². The van der Waals surface area contributed by atoms with E-state index in [9.17, 15) is 0 Å². The van der Waals surface area contributed by atoms with E-state index in [-0.39, 0.29) is 0 Å². The number of nitrogens with one attached hydrogen (secondary N) is 1. The van der Waals surface area contributed by atoms with Crippen LogP contribution in [0.15, 0.2) is 18.7 Å². The van der Waals surface area contributed by atoms with Crippen LogP contribution in [0.4, 0.5) is 0 Å². The summed E-state index contributed by atoms with van der Waals surface area (Å²) >= 11 is 0. The highest BCUT2D eigenvalue weighted by molar-refractivity contribution is 5.30. The second kappa shape index (κ2) is 5.88. The van der Waals surface area contributed by atoms with Crippen LogP contribution < -0.4 is 10.1 Å². The van der Waals surface area contributed by atoms with E-state index in [1.165, 1.54) is 0 Å². The molecule has 0 aliphatic carbocycles. The van der Waals surface area contributed by atoms with Gasteiger partial charge in [-0.05, 0) is 13.8 Å². The first-order valence-corrected chi connectivity index (χ1v) is 6.37. The van der Waals surface area contributed by atoms with Gasteiger partial charge >= 0.3 is 0 Å². The standard InChI is InChI=1S/C13H21N5O/c1-10(8-18-6-5-14-9-18)15-7-12-11(2)16-17(3)13(12)19-4/h5-6,9-10,15H,7-8H2,1-4H3. The molecule has 1 unspecified atom stereocenters. The van der Waals surface area contributed by atoms with Gasteiger partial charge < -0.3 is 14.6 Å². The average molecular weight is 263 g/mol. The van der Waals surface area contributed by atoms with Gasteiger partial charge in [-0.15, -0.1) is 0 Å². The minimum atomic E-state index is 0.346. The predicted octanol–water partition coefficient (Wildman–Crippen LogP) is 1.11. The SMILES string of the molecule is COc1c(CNC(C)Cn2ccnc2)c(C)nn1C. The van der Waals surface area contributed by atoms with E-state index in [4.69, 9.17) is 4.74 Å². The summed E-state index contributed by atoms with van der Waals surface area (Å²) in [5, 5.41) is 7.86. The Morgan fingerprint density at radius 2 is 2.26 bits per heavy atom. The molecule has 2 heterocycles. The van der Waals surface area contributed by atoms with E-state index in [0.29, 0.717) is 6.04 Å². The highest BCUT2D eigenvalue weighted by Gasteiger charge is 2.14. The largest absolute Gasteiger partial charge is 0.481 e. The van der Waals surface area contributed by atoms with E-state index in [1.54, 1.807) is 18.0 Å². The lowest BCUT2D eigenvalue weighted by molar-refractivity contribution is 0.366. The van der Waals surface area contributed by atoms with Crippen molar-refractivity contribution in [2.75, 3.05) is 7.11 Å². The highest BCUT2D eigenvalue weighted by Crippen LogP contribution is 2.20. The zero-order chi connectivity index (χ0) is 13.8. The van der Waals surface area contributed by atoms with E-state index in [2.05, 4.69) is 26.9 Å². The summed E-state index contributed by atoms with van der Waals surface area (Å²) in [5.41, 5.74) is 2.11. The van der Waals surface area contributed by atoms with Gasteiger partial charge in [-0.2, -0.15) is 5.10 Å². The fourth-order valence-electron chi connectivity index (χ4n) is 2.19. The van der Waals surface area contributed by atoms with Crippen molar-refractivity contribution >= 4 is 0 Å². The number of methoxy groups -OCH3 is 1. The van der Waals surface area contributed by atoms with E-state index < -0.39 is 0 Å². The summed E-state index contributed by atoms with van der Waals surface area (Å²) < 4.78 is 9.21. The molecule has 104 valence electrons. The summed E-state index contributed by atoms with van der Waals surface area (Å²) in [7, 11) is 3.57. The maximum Gasteiger partial charge on any atom is 0.216 e. The quantitative estimate of drug-likeness (QED) is 0.848. The maximum atomic E-state index is 5.38. The Hall–Kier alpha value is -1.82. The van der Waals surface area contributed by atoms with Crippen molar-refractivity contribution in [1.29, 1.82) is 0 Å². The van der Waals surface area contributed by atoms with Crippen LogP contribution >= 0.6 is 0 Å². The average Bonchev–Trinajstić information content (AvgIpc) is 2.94. The molecular formula is C13H21N5O. The fraction of sp³-hybridized carbons (Fsp3) is 0.538. The van der Waals surface area contributed by atoms with E-state index in [1.807, 2.05) is 26.5 Å². The van der Waals surface area contributed by atoms with Gasteiger partial charge in [0.15, 0.2) is 0 Å². The Labute approximate surface area is 113 Å². The van der Waals surface area contributed by atoms with Crippen LogP contribution in [0, 0.1) is 6.92 Å². The molecule has 0 aliphatic heterocycles. The number of ether oxygens (including phenoxy) is 1. The van der Waals surface area contributed by atoms with Gasteiger partial charge in [0.1, 0.15) is 0 Å². The number of hydrogen-bond donors (Lipinski definition) is 1. The van der Waals surface area contributed by atoms with Crippen molar-refractivity contribution in [3.63, 3.8) is 0 Å². The second-order valence-electron chi connectivity index (χ2n) is 4.74. The van der Waals surface area contributed by atoms with Gasteiger partial charge in [-0.3, -0.25) is 0 Å². The topological polar surface area (TPSA) is 56.9 Å². The molecule has 0 radical (unpaired) electrons. The fourth-order valence-corrected chi connectivity index (χ4v) is 2.19. The van der Waals surface area contributed by atoms with Crippen LogP contribution in [-0.2, 0) is 20.1 Å². The third-order valence-electron chi connectivity index (χ3n) is 3.15. The monoisotopic (exact) mass is 263 g/mol. The lowest BCUT2D eigenvalue weighted by atomic mass is 10.2. The molecule has 0 bridgehead atoms. The molecular weight excluding hydrogens is 242 g/mol. The molecule has 2 rings (SSSR count). The van der Waals surface area contributed by atoms with Gasteiger partial charge in [-0.1, -0.05) is 0 Å². The lowest BCUT2D eigenvalue weighted by Gasteiger charge is -2.14. The van der Waals surface area contributed by atoms with Crippen LogP contribution in [0.5, 0.6) is 5.88 Å². The van der Waals surface area contributed by atoms with Crippen LogP contribution in [0.3, 0.4) is 0 Å². The molecule has 6 heteroatoms. The summed E-state index contributed by atoms with van der Waals surface area (Å²) in [6.45, 7) is 5.79. The molecule has 0 fully saturated rings. The number of imidazole rings is 1. The Bertz CT molecular complexity index is 517. The molecule has 19 heavy (non-hydrogen) atoms. The zero-order valence-corrected chi connectivity index (χ0v) is 11.9. The van der Waals surface area contributed by atoms with Crippen LogP contribution in [0.1, 0.15) is 18.2 Å². The molecule has 0 saturated heterocycles. The van der Waals surface area contributed by atoms with Gasteiger partial charge in [0, 0.05) is 38.6 Å². The zero-order valence-electron chi connectivity index (χ0n) is 11.9. The normalized spacial score (nSPS) is 12.6. The summed E-state index contributed by atoms with van der Waals surface area (Å²) in [6.07, 6.45) is 5.59. The maximum absolute atomic E-state index is 5.38. The van der Waals surface area contributed by atoms with Gasteiger partial charge in [0.25, 0.3) is 0 Å².